The SMILES string of the molecule is CC1(C)[C@H]2CC[C@]1(C)[C@@H](c1ccc(O)cc1)C2. The van der Waals surface area contributed by atoms with Crippen LogP contribution in [0.4, 0.5) is 0 Å². The zero-order valence-corrected chi connectivity index (χ0v) is 11.0. The normalized spacial score (nSPS) is 38.5. The van der Waals surface area contributed by atoms with Crippen LogP contribution < -0.4 is 0 Å². The highest BCUT2D eigenvalue weighted by molar-refractivity contribution is 5.32. The lowest BCUT2D eigenvalue weighted by atomic mass is 9.65. The summed E-state index contributed by atoms with van der Waals surface area (Å²) in [6, 6.07) is 7.89. The number of benzene rings is 1. The second-order valence-corrected chi connectivity index (χ2v) is 6.75. The fourth-order valence-electron chi connectivity index (χ4n) is 4.41. The Morgan fingerprint density at radius 1 is 1.12 bits per heavy atom. The summed E-state index contributed by atoms with van der Waals surface area (Å²) in [5, 5.41) is 9.40. The minimum atomic E-state index is 0.376. The van der Waals surface area contributed by atoms with E-state index in [1.807, 2.05) is 12.1 Å². The molecule has 0 aromatic heterocycles. The first-order valence-corrected chi connectivity index (χ1v) is 6.74. The molecule has 0 amide bonds. The third-order valence-corrected chi connectivity index (χ3v) is 6.09. The summed E-state index contributed by atoms with van der Waals surface area (Å²) >= 11 is 0. The van der Waals surface area contributed by atoms with E-state index in [1.165, 1.54) is 24.8 Å². The summed E-state index contributed by atoms with van der Waals surface area (Å²) in [5.41, 5.74) is 2.32. The molecule has 1 aromatic rings. The van der Waals surface area contributed by atoms with Crippen molar-refractivity contribution in [1.82, 2.24) is 0 Å². The Morgan fingerprint density at radius 3 is 2.24 bits per heavy atom. The van der Waals surface area contributed by atoms with Gasteiger partial charge in [-0.15, -0.1) is 0 Å². The number of phenols is 1. The zero-order valence-electron chi connectivity index (χ0n) is 11.0. The summed E-state index contributed by atoms with van der Waals surface area (Å²) in [6.07, 6.45) is 4.09. The van der Waals surface area contributed by atoms with Crippen molar-refractivity contribution in [2.45, 2.75) is 46.0 Å². The summed E-state index contributed by atoms with van der Waals surface area (Å²) < 4.78 is 0. The molecule has 0 aliphatic heterocycles. The van der Waals surface area contributed by atoms with E-state index in [4.69, 9.17) is 0 Å². The van der Waals surface area contributed by atoms with Crippen LogP contribution in [0.2, 0.25) is 0 Å². The molecule has 17 heavy (non-hydrogen) atoms. The van der Waals surface area contributed by atoms with Crippen molar-refractivity contribution in [2.24, 2.45) is 16.7 Å². The molecule has 1 heteroatoms. The Balaban J connectivity index is 1.99. The molecule has 2 aliphatic carbocycles. The number of hydrogen-bond donors (Lipinski definition) is 1. The maximum atomic E-state index is 9.40. The lowest BCUT2D eigenvalue weighted by molar-refractivity contribution is 0.134. The third-order valence-electron chi connectivity index (χ3n) is 6.09. The fraction of sp³-hybridized carbons (Fsp3) is 0.625. The van der Waals surface area contributed by atoms with Crippen molar-refractivity contribution in [3.8, 4) is 5.75 Å². The molecule has 0 spiro atoms. The molecule has 0 radical (unpaired) electrons. The number of phenolic OH excluding ortho intramolecular Hbond substituents is 1. The van der Waals surface area contributed by atoms with Gasteiger partial charge in [-0.05, 0) is 59.6 Å². The summed E-state index contributed by atoms with van der Waals surface area (Å²) in [4.78, 5) is 0. The molecule has 2 fully saturated rings. The molecular weight excluding hydrogens is 208 g/mol. The van der Waals surface area contributed by atoms with E-state index in [1.54, 1.807) is 0 Å². The monoisotopic (exact) mass is 230 g/mol. The highest BCUT2D eigenvalue weighted by atomic mass is 16.3. The molecule has 1 nitrogen and oxygen atoms in total. The van der Waals surface area contributed by atoms with E-state index in [2.05, 4.69) is 32.9 Å². The molecule has 3 atom stereocenters. The smallest absolute Gasteiger partial charge is 0.115 e. The van der Waals surface area contributed by atoms with Gasteiger partial charge in [-0.2, -0.15) is 0 Å². The Morgan fingerprint density at radius 2 is 1.76 bits per heavy atom. The molecule has 1 aromatic carbocycles. The number of hydrogen-bond acceptors (Lipinski definition) is 1. The van der Waals surface area contributed by atoms with Crippen molar-refractivity contribution in [2.75, 3.05) is 0 Å². The predicted octanol–water partition coefficient (Wildman–Crippen LogP) is 4.32. The third kappa shape index (κ3) is 1.31. The molecule has 2 bridgehead atoms. The van der Waals surface area contributed by atoms with Crippen molar-refractivity contribution < 1.29 is 5.11 Å². The number of fused-ring (bicyclic) bond motifs is 2. The van der Waals surface area contributed by atoms with E-state index < -0.39 is 0 Å². The first-order valence-electron chi connectivity index (χ1n) is 6.74. The van der Waals surface area contributed by atoms with Crippen LogP contribution in [0.25, 0.3) is 0 Å². The highest BCUT2D eigenvalue weighted by Gasteiger charge is 2.61. The summed E-state index contributed by atoms with van der Waals surface area (Å²) in [7, 11) is 0. The van der Waals surface area contributed by atoms with Gasteiger partial charge >= 0.3 is 0 Å². The highest BCUT2D eigenvalue weighted by Crippen LogP contribution is 2.70. The Labute approximate surface area is 104 Å². The van der Waals surface area contributed by atoms with Gasteiger partial charge in [0.25, 0.3) is 0 Å². The van der Waals surface area contributed by atoms with Crippen LogP contribution in [0.1, 0.15) is 51.5 Å². The largest absolute Gasteiger partial charge is 0.508 e. The molecule has 0 unspecified atom stereocenters. The van der Waals surface area contributed by atoms with Crippen LogP contribution in [-0.2, 0) is 0 Å². The van der Waals surface area contributed by atoms with Gasteiger partial charge in [0, 0.05) is 0 Å². The van der Waals surface area contributed by atoms with Gasteiger partial charge in [0.05, 0.1) is 0 Å². The van der Waals surface area contributed by atoms with Crippen LogP contribution in [0.3, 0.4) is 0 Å². The van der Waals surface area contributed by atoms with E-state index in [9.17, 15) is 5.11 Å². The molecule has 2 saturated carbocycles. The molecule has 0 saturated heterocycles. The molecule has 3 rings (SSSR count). The van der Waals surface area contributed by atoms with Crippen LogP contribution in [-0.4, -0.2) is 5.11 Å². The van der Waals surface area contributed by atoms with E-state index in [0.29, 0.717) is 22.5 Å². The van der Waals surface area contributed by atoms with Gasteiger partial charge in [0.2, 0.25) is 0 Å². The van der Waals surface area contributed by atoms with Crippen LogP contribution >= 0.6 is 0 Å². The maximum absolute atomic E-state index is 9.40. The molecule has 1 N–H and O–H groups in total. The van der Waals surface area contributed by atoms with Gasteiger partial charge in [0.15, 0.2) is 0 Å². The van der Waals surface area contributed by atoms with Crippen molar-refractivity contribution in [1.29, 1.82) is 0 Å². The van der Waals surface area contributed by atoms with Crippen molar-refractivity contribution >= 4 is 0 Å². The standard InChI is InChI=1S/C16H22O/c1-15(2)12-8-9-16(15,3)14(10-12)11-4-6-13(17)7-5-11/h4-7,12,14,17H,8-10H2,1-3H3/t12-,14+,16+/m0/s1. The lowest BCUT2D eigenvalue weighted by Gasteiger charge is -2.39. The molecule has 2 aliphatic rings. The second-order valence-electron chi connectivity index (χ2n) is 6.75. The Kier molecular flexibility index (Phi) is 2.14. The van der Waals surface area contributed by atoms with E-state index in [0.717, 1.165) is 5.92 Å². The average Bonchev–Trinajstić information content (AvgIpc) is 2.62. The van der Waals surface area contributed by atoms with Crippen molar-refractivity contribution in [3.05, 3.63) is 29.8 Å². The fourth-order valence-corrected chi connectivity index (χ4v) is 4.41. The zero-order chi connectivity index (χ0) is 12.3. The number of aromatic hydroxyl groups is 1. The summed E-state index contributed by atoms with van der Waals surface area (Å²) in [6.45, 7) is 7.37. The molecule has 0 heterocycles. The van der Waals surface area contributed by atoms with Gasteiger partial charge in [0.1, 0.15) is 5.75 Å². The van der Waals surface area contributed by atoms with Gasteiger partial charge in [-0.3, -0.25) is 0 Å². The van der Waals surface area contributed by atoms with Crippen LogP contribution in [0, 0.1) is 16.7 Å². The Hall–Kier alpha value is -0.980. The lowest BCUT2D eigenvalue weighted by Crippen LogP contribution is -2.31. The topological polar surface area (TPSA) is 20.2 Å². The first kappa shape index (κ1) is 11.1. The van der Waals surface area contributed by atoms with E-state index in [-0.39, 0.29) is 0 Å². The van der Waals surface area contributed by atoms with E-state index >= 15 is 0 Å². The molecular formula is C16H22O. The minimum absolute atomic E-state index is 0.376. The van der Waals surface area contributed by atoms with Gasteiger partial charge in [-0.25, -0.2) is 0 Å². The van der Waals surface area contributed by atoms with Crippen LogP contribution in [0.15, 0.2) is 24.3 Å². The van der Waals surface area contributed by atoms with Crippen molar-refractivity contribution in [3.63, 3.8) is 0 Å². The predicted molar refractivity (Wildman–Crippen MR) is 70.1 cm³/mol. The summed E-state index contributed by atoms with van der Waals surface area (Å²) in [5.74, 6) is 1.93. The maximum Gasteiger partial charge on any atom is 0.115 e. The quantitative estimate of drug-likeness (QED) is 0.761. The number of rotatable bonds is 1. The van der Waals surface area contributed by atoms with Gasteiger partial charge < -0.3 is 5.11 Å². The molecule has 92 valence electrons. The minimum Gasteiger partial charge on any atom is -0.508 e. The average molecular weight is 230 g/mol. The van der Waals surface area contributed by atoms with Crippen LogP contribution in [0.5, 0.6) is 5.75 Å². The van der Waals surface area contributed by atoms with Gasteiger partial charge in [-0.1, -0.05) is 32.9 Å². The second kappa shape index (κ2) is 3.28. The first-order chi connectivity index (χ1) is 7.95. The Bertz CT molecular complexity index is 431.